The third kappa shape index (κ3) is 10.4. The minimum absolute atomic E-state index is 0.443. The number of likely N-dealkylation sites (N-methyl/N-ethyl adjacent to an activating group) is 1. The molecule has 0 saturated carbocycles. The third-order valence-electron chi connectivity index (χ3n) is 2.41. The molecule has 0 amide bonds. The topological polar surface area (TPSA) is 30.5 Å². The van der Waals surface area contributed by atoms with Gasteiger partial charge >= 0.3 is 0 Å². The van der Waals surface area contributed by atoms with Gasteiger partial charge in [0.1, 0.15) is 0 Å². The molecule has 0 aliphatic rings. The number of rotatable bonds is 12. The van der Waals surface area contributed by atoms with Crippen LogP contribution < -0.4 is 5.32 Å². The highest BCUT2D eigenvalue weighted by Crippen LogP contribution is 1.97. The van der Waals surface area contributed by atoms with Crippen LogP contribution in [0.25, 0.3) is 0 Å². The fourth-order valence-electron chi connectivity index (χ4n) is 1.48. The second-order valence-corrected chi connectivity index (χ2v) is 4.08. The van der Waals surface area contributed by atoms with Gasteiger partial charge in [-0.15, -0.1) is 0 Å². The van der Waals surface area contributed by atoms with Crippen molar-refractivity contribution in [2.75, 3.05) is 33.0 Å². The summed E-state index contributed by atoms with van der Waals surface area (Å²) >= 11 is 0. The van der Waals surface area contributed by atoms with Crippen molar-refractivity contribution in [3.05, 3.63) is 0 Å². The van der Waals surface area contributed by atoms with E-state index >= 15 is 0 Å². The summed E-state index contributed by atoms with van der Waals surface area (Å²) < 4.78 is 11.1. The minimum atomic E-state index is 0.443. The maximum atomic E-state index is 5.56. The van der Waals surface area contributed by atoms with Crippen molar-refractivity contribution in [3.63, 3.8) is 0 Å². The van der Waals surface area contributed by atoms with Crippen LogP contribution in [0.1, 0.15) is 46.5 Å². The fourth-order valence-corrected chi connectivity index (χ4v) is 1.48. The van der Waals surface area contributed by atoms with Crippen molar-refractivity contribution in [2.45, 2.75) is 52.5 Å². The van der Waals surface area contributed by atoms with Gasteiger partial charge in [-0.1, -0.05) is 27.2 Å². The van der Waals surface area contributed by atoms with Crippen molar-refractivity contribution in [3.8, 4) is 0 Å². The van der Waals surface area contributed by atoms with E-state index in [9.17, 15) is 0 Å². The lowest BCUT2D eigenvalue weighted by atomic mass is 10.2. The van der Waals surface area contributed by atoms with Gasteiger partial charge < -0.3 is 14.8 Å². The Kier molecular flexibility index (Phi) is 12.9. The van der Waals surface area contributed by atoms with Gasteiger partial charge in [-0.3, -0.25) is 0 Å². The van der Waals surface area contributed by atoms with Crippen molar-refractivity contribution in [1.29, 1.82) is 0 Å². The SMILES string of the molecule is CCCCOCCC(COCCC)NCC. The van der Waals surface area contributed by atoms with E-state index in [-0.39, 0.29) is 0 Å². The highest BCUT2D eigenvalue weighted by Gasteiger charge is 2.06. The van der Waals surface area contributed by atoms with Crippen LogP contribution in [0.15, 0.2) is 0 Å². The number of hydrogen-bond acceptors (Lipinski definition) is 3. The molecule has 0 fully saturated rings. The number of hydrogen-bond donors (Lipinski definition) is 1. The molecular formula is C13H29NO2. The second kappa shape index (κ2) is 12.9. The molecule has 1 unspecified atom stereocenters. The van der Waals surface area contributed by atoms with Gasteiger partial charge in [0.15, 0.2) is 0 Å². The normalized spacial score (nSPS) is 12.9. The first kappa shape index (κ1) is 15.9. The van der Waals surface area contributed by atoms with E-state index in [1.54, 1.807) is 0 Å². The van der Waals surface area contributed by atoms with Gasteiger partial charge in [0.25, 0.3) is 0 Å². The number of ether oxygens (including phenoxy) is 2. The Balaban J connectivity index is 3.43. The summed E-state index contributed by atoms with van der Waals surface area (Å²) in [5, 5.41) is 3.43. The second-order valence-electron chi connectivity index (χ2n) is 4.08. The third-order valence-corrected chi connectivity index (χ3v) is 2.41. The largest absolute Gasteiger partial charge is 0.381 e. The maximum Gasteiger partial charge on any atom is 0.0620 e. The van der Waals surface area contributed by atoms with E-state index < -0.39 is 0 Å². The Morgan fingerprint density at radius 3 is 2.38 bits per heavy atom. The maximum absolute atomic E-state index is 5.56. The molecule has 16 heavy (non-hydrogen) atoms. The Labute approximate surface area is 101 Å². The first-order valence-electron chi connectivity index (χ1n) is 6.73. The van der Waals surface area contributed by atoms with Crippen LogP contribution in [0.2, 0.25) is 0 Å². The van der Waals surface area contributed by atoms with E-state index in [1.165, 1.54) is 6.42 Å². The van der Waals surface area contributed by atoms with Gasteiger partial charge in [-0.05, 0) is 25.8 Å². The first-order valence-corrected chi connectivity index (χ1v) is 6.73. The summed E-state index contributed by atoms with van der Waals surface area (Å²) in [4.78, 5) is 0. The lowest BCUT2D eigenvalue weighted by molar-refractivity contribution is 0.0824. The van der Waals surface area contributed by atoms with E-state index in [4.69, 9.17) is 9.47 Å². The molecule has 0 spiro atoms. The Hall–Kier alpha value is -0.120. The summed E-state index contributed by atoms with van der Waals surface area (Å²) in [5.41, 5.74) is 0. The summed E-state index contributed by atoms with van der Waals surface area (Å²) in [5.74, 6) is 0. The molecule has 0 aliphatic heterocycles. The Morgan fingerprint density at radius 1 is 0.938 bits per heavy atom. The smallest absolute Gasteiger partial charge is 0.0620 e. The van der Waals surface area contributed by atoms with Crippen molar-refractivity contribution >= 4 is 0 Å². The summed E-state index contributed by atoms with van der Waals surface area (Å²) in [6.45, 7) is 10.8. The van der Waals surface area contributed by atoms with E-state index in [0.717, 1.165) is 52.2 Å². The van der Waals surface area contributed by atoms with Crippen molar-refractivity contribution in [2.24, 2.45) is 0 Å². The summed E-state index contributed by atoms with van der Waals surface area (Å²) in [7, 11) is 0. The van der Waals surface area contributed by atoms with Crippen LogP contribution in [0.4, 0.5) is 0 Å². The van der Waals surface area contributed by atoms with Gasteiger partial charge in [-0.2, -0.15) is 0 Å². The molecule has 0 rings (SSSR count). The lowest BCUT2D eigenvalue weighted by Crippen LogP contribution is -2.34. The van der Waals surface area contributed by atoms with E-state index in [1.807, 2.05) is 0 Å². The van der Waals surface area contributed by atoms with Crippen LogP contribution in [-0.4, -0.2) is 39.0 Å². The van der Waals surface area contributed by atoms with Crippen LogP contribution in [0.5, 0.6) is 0 Å². The molecule has 0 aromatic carbocycles. The molecule has 0 aliphatic carbocycles. The molecule has 0 aromatic rings. The highest BCUT2D eigenvalue weighted by atomic mass is 16.5. The zero-order valence-corrected chi connectivity index (χ0v) is 11.3. The molecule has 1 atom stereocenters. The van der Waals surface area contributed by atoms with Crippen molar-refractivity contribution in [1.82, 2.24) is 5.32 Å². The van der Waals surface area contributed by atoms with E-state index in [0.29, 0.717) is 6.04 Å². The molecule has 0 aromatic heterocycles. The predicted molar refractivity (Wildman–Crippen MR) is 68.9 cm³/mol. The molecular weight excluding hydrogens is 202 g/mol. The average Bonchev–Trinajstić information content (AvgIpc) is 2.29. The zero-order chi connectivity index (χ0) is 12.1. The first-order chi connectivity index (χ1) is 7.85. The lowest BCUT2D eigenvalue weighted by Gasteiger charge is -2.17. The molecule has 3 nitrogen and oxygen atoms in total. The van der Waals surface area contributed by atoms with Crippen LogP contribution in [0, 0.1) is 0 Å². The quantitative estimate of drug-likeness (QED) is 0.524. The molecule has 3 heteroatoms. The standard InChI is InChI=1S/C13H29NO2/c1-4-7-10-15-11-8-13(14-6-3)12-16-9-5-2/h13-14H,4-12H2,1-3H3. The van der Waals surface area contributed by atoms with Gasteiger partial charge in [-0.25, -0.2) is 0 Å². The zero-order valence-electron chi connectivity index (χ0n) is 11.3. The van der Waals surface area contributed by atoms with Gasteiger partial charge in [0, 0.05) is 25.9 Å². The molecule has 0 radical (unpaired) electrons. The Bertz CT molecular complexity index is 131. The summed E-state index contributed by atoms with van der Waals surface area (Å²) in [6, 6.07) is 0.443. The van der Waals surface area contributed by atoms with Crippen molar-refractivity contribution < 1.29 is 9.47 Å². The van der Waals surface area contributed by atoms with Crippen LogP contribution in [-0.2, 0) is 9.47 Å². The molecule has 1 N–H and O–H groups in total. The van der Waals surface area contributed by atoms with E-state index in [2.05, 4.69) is 26.1 Å². The van der Waals surface area contributed by atoms with Gasteiger partial charge in [0.2, 0.25) is 0 Å². The number of nitrogens with one attached hydrogen (secondary N) is 1. The molecule has 0 bridgehead atoms. The van der Waals surface area contributed by atoms with Gasteiger partial charge in [0.05, 0.1) is 6.61 Å². The van der Waals surface area contributed by atoms with Crippen LogP contribution in [0.3, 0.4) is 0 Å². The molecule has 0 saturated heterocycles. The predicted octanol–water partition coefficient (Wildman–Crippen LogP) is 2.60. The average molecular weight is 231 g/mol. The molecule has 98 valence electrons. The minimum Gasteiger partial charge on any atom is -0.381 e. The Morgan fingerprint density at radius 2 is 1.75 bits per heavy atom. The number of unbranched alkanes of at least 4 members (excludes halogenated alkanes) is 1. The van der Waals surface area contributed by atoms with Crippen LogP contribution >= 0.6 is 0 Å². The monoisotopic (exact) mass is 231 g/mol. The fraction of sp³-hybridized carbons (Fsp3) is 1.00. The molecule has 0 heterocycles. The summed E-state index contributed by atoms with van der Waals surface area (Å²) in [6.07, 6.45) is 4.50. The highest BCUT2D eigenvalue weighted by molar-refractivity contribution is 4.64.